The lowest BCUT2D eigenvalue weighted by molar-refractivity contribution is 0.0729. The standard InChI is InChI=1S/C26H25ClN2O3S/c1-31-12-5-11-29(26(30)24-8-4-13-33-24)17-20-14-18-9-10-21(27)16-23(18)28-25(20)19-6-3-7-22(15-19)32-2/h3-4,6-10,13-16H,5,11-12,17H2,1-2H3. The van der Waals surface area contributed by atoms with Gasteiger partial charge in [0, 0.05) is 42.8 Å². The second kappa shape index (κ2) is 10.8. The molecular formula is C26H25ClN2O3S. The summed E-state index contributed by atoms with van der Waals surface area (Å²) in [6, 6.07) is 19.3. The Morgan fingerprint density at radius 3 is 2.73 bits per heavy atom. The Morgan fingerprint density at radius 1 is 1.09 bits per heavy atom. The molecule has 0 N–H and O–H groups in total. The van der Waals surface area contributed by atoms with Crippen LogP contribution in [0.5, 0.6) is 5.75 Å². The zero-order valence-electron chi connectivity index (χ0n) is 18.6. The van der Waals surface area contributed by atoms with E-state index < -0.39 is 0 Å². The largest absolute Gasteiger partial charge is 0.497 e. The minimum absolute atomic E-state index is 0.00824. The smallest absolute Gasteiger partial charge is 0.264 e. The molecule has 4 aromatic rings. The summed E-state index contributed by atoms with van der Waals surface area (Å²) >= 11 is 7.68. The maximum Gasteiger partial charge on any atom is 0.264 e. The van der Waals surface area contributed by atoms with Crippen LogP contribution >= 0.6 is 22.9 Å². The molecule has 0 aliphatic heterocycles. The van der Waals surface area contributed by atoms with Crippen LogP contribution in [0, 0.1) is 0 Å². The molecule has 0 fully saturated rings. The summed E-state index contributed by atoms with van der Waals surface area (Å²) < 4.78 is 10.7. The fourth-order valence-corrected chi connectivity index (χ4v) is 4.60. The fraction of sp³-hybridized carbons (Fsp3) is 0.231. The van der Waals surface area contributed by atoms with Crippen LogP contribution in [0.4, 0.5) is 0 Å². The maximum atomic E-state index is 13.3. The lowest BCUT2D eigenvalue weighted by Gasteiger charge is -2.24. The summed E-state index contributed by atoms with van der Waals surface area (Å²) in [6.07, 6.45) is 0.749. The van der Waals surface area contributed by atoms with E-state index in [1.54, 1.807) is 14.2 Å². The predicted octanol–water partition coefficient (Wildman–Crippen LogP) is 6.30. The van der Waals surface area contributed by atoms with Crippen LogP contribution in [-0.2, 0) is 11.3 Å². The number of hydrogen-bond donors (Lipinski definition) is 0. The van der Waals surface area contributed by atoms with Gasteiger partial charge in [0.1, 0.15) is 5.75 Å². The molecule has 1 amide bonds. The van der Waals surface area contributed by atoms with Gasteiger partial charge in [0.05, 0.1) is 23.2 Å². The van der Waals surface area contributed by atoms with Gasteiger partial charge in [0.25, 0.3) is 5.91 Å². The monoisotopic (exact) mass is 480 g/mol. The van der Waals surface area contributed by atoms with Crippen molar-refractivity contribution in [1.29, 1.82) is 0 Å². The molecule has 2 aromatic carbocycles. The van der Waals surface area contributed by atoms with Gasteiger partial charge in [0.15, 0.2) is 0 Å². The topological polar surface area (TPSA) is 51.7 Å². The van der Waals surface area contributed by atoms with Gasteiger partial charge in [-0.3, -0.25) is 4.79 Å². The lowest BCUT2D eigenvalue weighted by atomic mass is 10.0. The molecule has 33 heavy (non-hydrogen) atoms. The highest BCUT2D eigenvalue weighted by Gasteiger charge is 2.20. The Bertz CT molecular complexity index is 1240. The Balaban J connectivity index is 1.78. The van der Waals surface area contributed by atoms with Crippen LogP contribution < -0.4 is 4.74 Å². The fourth-order valence-electron chi connectivity index (χ4n) is 3.74. The zero-order chi connectivity index (χ0) is 23.2. The number of hydrogen-bond acceptors (Lipinski definition) is 5. The molecule has 0 radical (unpaired) electrons. The number of aromatic nitrogens is 1. The Kier molecular flexibility index (Phi) is 7.60. The third-order valence-electron chi connectivity index (χ3n) is 5.36. The number of carbonyl (C=O) groups is 1. The van der Waals surface area contributed by atoms with Crippen molar-refractivity contribution in [1.82, 2.24) is 9.88 Å². The molecule has 0 bridgehead atoms. The van der Waals surface area contributed by atoms with Crippen molar-refractivity contribution >= 4 is 39.7 Å². The average molecular weight is 481 g/mol. The number of nitrogens with zero attached hydrogens (tertiary/aromatic N) is 2. The third kappa shape index (κ3) is 5.53. The first-order valence-electron chi connectivity index (χ1n) is 10.6. The van der Waals surface area contributed by atoms with Gasteiger partial charge < -0.3 is 14.4 Å². The molecule has 0 atom stereocenters. The van der Waals surface area contributed by atoms with E-state index in [2.05, 4.69) is 6.07 Å². The number of rotatable bonds is 9. The van der Waals surface area contributed by atoms with Crippen LogP contribution in [0.2, 0.25) is 5.02 Å². The number of benzene rings is 2. The van der Waals surface area contributed by atoms with E-state index in [1.165, 1.54) is 11.3 Å². The molecule has 7 heteroatoms. The molecule has 0 aliphatic carbocycles. The van der Waals surface area contributed by atoms with E-state index in [0.29, 0.717) is 24.7 Å². The van der Waals surface area contributed by atoms with Gasteiger partial charge in [-0.2, -0.15) is 0 Å². The van der Waals surface area contributed by atoms with Crippen LogP contribution in [0.25, 0.3) is 22.2 Å². The molecule has 2 aromatic heterocycles. The number of thiophene rings is 1. The highest BCUT2D eigenvalue weighted by Crippen LogP contribution is 2.30. The van der Waals surface area contributed by atoms with E-state index >= 15 is 0 Å². The van der Waals surface area contributed by atoms with Gasteiger partial charge in [-0.1, -0.05) is 35.9 Å². The summed E-state index contributed by atoms with van der Waals surface area (Å²) in [6.45, 7) is 1.60. The number of amides is 1. The Labute approximate surface area is 202 Å². The first-order chi connectivity index (χ1) is 16.1. The zero-order valence-corrected chi connectivity index (χ0v) is 20.2. The first kappa shape index (κ1) is 23.2. The number of ether oxygens (including phenoxy) is 2. The summed E-state index contributed by atoms with van der Waals surface area (Å²) in [5.74, 6) is 0.756. The predicted molar refractivity (Wildman–Crippen MR) is 134 cm³/mol. The van der Waals surface area contributed by atoms with Crippen molar-refractivity contribution in [3.63, 3.8) is 0 Å². The van der Waals surface area contributed by atoms with Gasteiger partial charge in [-0.25, -0.2) is 4.98 Å². The van der Waals surface area contributed by atoms with E-state index in [1.807, 2.05) is 64.9 Å². The van der Waals surface area contributed by atoms with E-state index in [0.717, 1.165) is 44.8 Å². The molecule has 170 valence electrons. The van der Waals surface area contributed by atoms with Crippen molar-refractivity contribution in [2.75, 3.05) is 27.4 Å². The summed E-state index contributed by atoms with van der Waals surface area (Å²) in [5, 5.41) is 3.53. The molecule has 2 heterocycles. The number of carbonyl (C=O) groups excluding carboxylic acids is 1. The van der Waals surface area contributed by atoms with Crippen molar-refractivity contribution in [3.05, 3.63) is 81.5 Å². The molecule has 0 aliphatic rings. The van der Waals surface area contributed by atoms with Gasteiger partial charge >= 0.3 is 0 Å². The van der Waals surface area contributed by atoms with Crippen molar-refractivity contribution in [2.45, 2.75) is 13.0 Å². The quantitative estimate of drug-likeness (QED) is 0.264. The van der Waals surface area contributed by atoms with E-state index in [-0.39, 0.29) is 5.91 Å². The SMILES string of the molecule is COCCCN(Cc1cc2ccc(Cl)cc2nc1-c1cccc(OC)c1)C(=O)c1cccs1. The third-order valence-corrected chi connectivity index (χ3v) is 6.45. The Hall–Kier alpha value is -2.93. The molecule has 0 unspecified atom stereocenters. The molecular weight excluding hydrogens is 456 g/mol. The number of fused-ring (bicyclic) bond motifs is 1. The van der Waals surface area contributed by atoms with Crippen LogP contribution in [0.15, 0.2) is 66.0 Å². The highest BCUT2D eigenvalue weighted by molar-refractivity contribution is 7.12. The van der Waals surface area contributed by atoms with Crippen LogP contribution in [-0.4, -0.2) is 43.2 Å². The summed E-state index contributed by atoms with van der Waals surface area (Å²) in [7, 11) is 3.32. The second-order valence-corrected chi connectivity index (χ2v) is 9.00. The lowest BCUT2D eigenvalue weighted by Crippen LogP contribution is -2.32. The van der Waals surface area contributed by atoms with Crippen molar-refractivity contribution in [2.24, 2.45) is 0 Å². The molecule has 0 spiro atoms. The van der Waals surface area contributed by atoms with Gasteiger partial charge in [-0.15, -0.1) is 11.3 Å². The number of pyridine rings is 1. The maximum absolute atomic E-state index is 13.3. The minimum Gasteiger partial charge on any atom is -0.497 e. The molecule has 4 rings (SSSR count). The molecule has 0 saturated heterocycles. The van der Waals surface area contributed by atoms with Gasteiger partial charge in [-0.05, 0) is 53.8 Å². The van der Waals surface area contributed by atoms with E-state index in [9.17, 15) is 4.79 Å². The van der Waals surface area contributed by atoms with E-state index in [4.69, 9.17) is 26.1 Å². The first-order valence-corrected chi connectivity index (χ1v) is 11.9. The van der Waals surface area contributed by atoms with Crippen molar-refractivity contribution in [3.8, 4) is 17.0 Å². The van der Waals surface area contributed by atoms with Crippen molar-refractivity contribution < 1.29 is 14.3 Å². The summed E-state index contributed by atoms with van der Waals surface area (Å²) in [5.41, 5.74) is 3.49. The number of methoxy groups -OCH3 is 2. The average Bonchev–Trinajstić information content (AvgIpc) is 3.38. The minimum atomic E-state index is 0.00824. The second-order valence-electron chi connectivity index (χ2n) is 7.62. The Morgan fingerprint density at radius 2 is 1.97 bits per heavy atom. The highest BCUT2D eigenvalue weighted by atomic mass is 35.5. The summed E-state index contributed by atoms with van der Waals surface area (Å²) in [4.78, 5) is 20.8. The molecule has 0 saturated carbocycles. The van der Waals surface area contributed by atoms with Crippen LogP contribution in [0.1, 0.15) is 21.7 Å². The normalized spacial score (nSPS) is 11.0. The molecule has 5 nitrogen and oxygen atoms in total. The van der Waals surface area contributed by atoms with Gasteiger partial charge in [0.2, 0.25) is 0 Å². The van der Waals surface area contributed by atoms with Crippen LogP contribution in [0.3, 0.4) is 0 Å². The number of halogens is 1.